The molecule has 0 bridgehead atoms. The number of hydrogen-bond acceptors (Lipinski definition) is 2. The molecule has 0 aliphatic carbocycles. The smallest absolute Gasteiger partial charge is 0.101 e. The van der Waals surface area contributed by atoms with Gasteiger partial charge >= 0.3 is 0 Å². The molecule has 0 atom stereocenters. The van der Waals surface area contributed by atoms with Crippen LogP contribution in [0.5, 0.6) is 0 Å². The molecule has 13 heavy (non-hydrogen) atoms. The Morgan fingerprint density at radius 3 is 2.85 bits per heavy atom. The van der Waals surface area contributed by atoms with Gasteiger partial charge in [0.25, 0.3) is 0 Å². The summed E-state index contributed by atoms with van der Waals surface area (Å²) in [4.78, 5) is 0. The minimum absolute atomic E-state index is 0.473. The van der Waals surface area contributed by atoms with Crippen LogP contribution < -0.4 is 5.73 Å². The van der Waals surface area contributed by atoms with Crippen LogP contribution in [0.2, 0.25) is 0 Å². The lowest BCUT2D eigenvalue weighted by Crippen LogP contribution is -1.90. The second kappa shape index (κ2) is 4.54. The predicted octanol–water partition coefficient (Wildman–Crippen LogP) is 1.89. The molecule has 0 radical (unpaired) electrons. The van der Waals surface area contributed by atoms with E-state index in [1.54, 1.807) is 18.2 Å². The number of nitrogens with two attached hydrogens (primary N) is 1. The van der Waals surface area contributed by atoms with Gasteiger partial charge in [0.15, 0.2) is 0 Å². The quantitative estimate of drug-likeness (QED) is 0.424. The Morgan fingerprint density at radius 2 is 2.23 bits per heavy atom. The maximum atomic E-state index is 8.68. The van der Waals surface area contributed by atoms with E-state index in [-0.39, 0.29) is 0 Å². The van der Waals surface area contributed by atoms with Crippen molar-refractivity contribution in [3.63, 3.8) is 0 Å². The number of alkyl halides is 1. The van der Waals surface area contributed by atoms with Crippen LogP contribution in [0.4, 0.5) is 5.69 Å². The Morgan fingerprint density at radius 1 is 1.46 bits per heavy atom. The average Bonchev–Trinajstić information content (AvgIpc) is 2.16. The zero-order valence-corrected chi connectivity index (χ0v) is 8.43. The van der Waals surface area contributed by atoms with Gasteiger partial charge in [0.2, 0.25) is 0 Å². The summed E-state index contributed by atoms with van der Waals surface area (Å²) in [7, 11) is 0. The van der Waals surface area contributed by atoms with Crippen LogP contribution in [0, 0.1) is 23.2 Å². The van der Waals surface area contributed by atoms with E-state index in [2.05, 4.69) is 27.8 Å². The van der Waals surface area contributed by atoms with Crippen molar-refractivity contribution in [2.45, 2.75) is 0 Å². The summed E-state index contributed by atoms with van der Waals surface area (Å²) in [6, 6.07) is 7.18. The third-order valence-corrected chi connectivity index (χ3v) is 1.75. The number of halogens is 1. The van der Waals surface area contributed by atoms with E-state index in [4.69, 9.17) is 11.0 Å². The highest BCUT2D eigenvalue weighted by atomic mass is 79.9. The monoisotopic (exact) mass is 234 g/mol. The zero-order valence-electron chi connectivity index (χ0n) is 6.84. The molecule has 0 spiro atoms. The van der Waals surface area contributed by atoms with Crippen molar-refractivity contribution >= 4 is 21.6 Å². The van der Waals surface area contributed by atoms with Gasteiger partial charge in [0, 0.05) is 11.3 Å². The first-order valence-electron chi connectivity index (χ1n) is 3.62. The molecule has 2 N–H and O–H groups in total. The average molecular weight is 235 g/mol. The van der Waals surface area contributed by atoms with Crippen molar-refractivity contribution in [1.29, 1.82) is 5.26 Å². The molecular weight excluding hydrogens is 228 g/mol. The minimum atomic E-state index is 0.473. The van der Waals surface area contributed by atoms with Gasteiger partial charge < -0.3 is 5.73 Å². The van der Waals surface area contributed by atoms with Crippen molar-refractivity contribution < 1.29 is 0 Å². The molecule has 1 aromatic rings. The molecule has 1 rings (SSSR count). The number of hydrogen-bond donors (Lipinski definition) is 1. The molecule has 0 amide bonds. The summed E-state index contributed by atoms with van der Waals surface area (Å²) >= 11 is 3.19. The Hall–Kier alpha value is -1.45. The molecule has 0 saturated carbocycles. The molecule has 0 fully saturated rings. The highest BCUT2D eigenvalue weighted by Crippen LogP contribution is 2.11. The number of benzene rings is 1. The fourth-order valence-electron chi connectivity index (χ4n) is 0.866. The lowest BCUT2D eigenvalue weighted by molar-refractivity contribution is 1.48. The third-order valence-electron chi connectivity index (χ3n) is 1.47. The van der Waals surface area contributed by atoms with Crippen LogP contribution in [0.25, 0.3) is 0 Å². The summed E-state index contributed by atoms with van der Waals surface area (Å²) in [6.45, 7) is 0. The van der Waals surface area contributed by atoms with Crippen LogP contribution in [0.15, 0.2) is 18.2 Å². The lowest BCUT2D eigenvalue weighted by atomic mass is 10.1. The Kier molecular flexibility index (Phi) is 3.37. The van der Waals surface area contributed by atoms with Crippen LogP contribution in [-0.2, 0) is 0 Å². The Bertz CT molecular complexity index is 407. The van der Waals surface area contributed by atoms with E-state index >= 15 is 0 Å². The van der Waals surface area contributed by atoms with Crippen molar-refractivity contribution in [2.24, 2.45) is 0 Å². The first-order chi connectivity index (χ1) is 6.27. The Balaban J connectivity index is 3.08. The molecule has 3 heteroatoms. The van der Waals surface area contributed by atoms with Crippen LogP contribution >= 0.6 is 15.9 Å². The van der Waals surface area contributed by atoms with Gasteiger partial charge in [-0.25, -0.2) is 0 Å². The van der Waals surface area contributed by atoms with Gasteiger partial charge in [-0.05, 0) is 18.2 Å². The molecular formula is C10H7BrN2. The van der Waals surface area contributed by atoms with E-state index in [1.165, 1.54) is 0 Å². The maximum Gasteiger partial charge on any atom is 0.101 e. The number of nitriles is 1. The normalized spacial score (nSPS) is 8.31. The van der Waals surface area contributed by atoms with E-state index in [0.29, 0.717) is 16.6 Å². The van der Waals surface area contributed by atoms with Crippen molar-refractivity contribution in [3.05, 3.63) is 29.3 Å². The van der Waals surface area contributed by atoms with Crippen LogP contribution in [0.3, 0.4) is 0 Å². The van der Waals surface area contributed by atoms with Crippen LogP contribution in [0.1, 0.15) is 11.1 Å². The van der Waals surface area contributed by atoms with Gasteiger partial charge in [-0.2, -0.15) is 5.26 Å². The third kappa shape index (κ3) is 2.50. The first-order valence-corrected chi connectivity index (χ1v) is 4.74. The summed E-state index contributed by atoms with van der Waals surface area (Å²) in [5.74, 6) is 5.74. The van der Waals surface area contributed by atoms with Crippen molar-refractivity contribution in [2.75, 3.05) is 11.1 Å². The fourth-order valence-corrected chi connectivity index (χ4v) is 1.01. The molecule has 0 aliphatic rings. The summed E-state index contributed by atoms with van der Waals surface area (Å²) in [5.41, 5.74) is 7.33. The molecule has 1 aromatic carbocycles. The molecule has 0 heterocycles. The van der Waals surface area contributed by atoms with Gasteiger partial charge in [-0.1, -0.05) is 27.8 Å². The number of rotatable bonds is 0. The second-order valence-corrected chi connectivity index (χ2v) is 2.91. The molecule has 0 unspecified atom stereocenters. The largest absolute Gasteiger partial charge is 0.398 e. The SMILES string of the molecule is N#Cc1cc(C#CCBr)ccc1N. The molecule has 0 aromatic heterocycles. The van der Waals surface area contributed by atoms with Gasteiger partial charge in [-0.3, -0.25) is 0 Å². The fraction of sp³-hybridized carbons (Fsp3) is 0.100. The summed E-state index contributed by atoms with van der Waals surface area (Å²) in [5, 5.41) is 9.31. The highest BCUT2D eigenvalue weighted by molar-refractivity contribution is 9.09. The second-order valence-electron chi connectivity index (χ2n) is 2.35. The molecule has 0 aliphatic heterocycles. The van der Waals surface area contributed by atoms with E-state index < -0.39 is 0 Å². The zero-order chi connectivity index (χ0) is 9.68. The number of nitrogen functional groups attached to an aromatic ring is 1. The van der Waals surface area contributed by atoms with Gasteiger partial charge in [-0.15, -0.1) is 0 Å². The number of nitrogens with zero attached hydrogens (tertiary/aromatic N) is 1. The highest BCUT2D eigenvalue weighted by Gasteiger charge is 1.97. The van der Waals surface area contributed by atoms with Gasteiger partial charge in [0.1, 0.15) is 6.07 Å². The van der Waals surface area contributed by atoms with E-state index in [0.717, 1.165) is 5.56 Å². The summed E-state index contributed by atoms with van der Waals surface area (Å²) in [6.07, 6.45) is 0. The molecule has 0 saturated heterocycles. The predicted molar refractivity (Wildman–Crippen MR) is 56.2 cm³/mol. The van der Waals surface area contributed by atoms with Crippen LogP contribution in [-0.4, -0.2) is 5.33 Å². The first kappa shape index (κ1) is 9.64. The van der Waals surface area contributed by atoms with E-state index in [9.17, 15) is 0 Å². The maximum absolute atomic E-state index is 8.68. The molecule has 2 nitrogen and oxygen atoms in total. The standard InChI is InChI=1S/C10H7BrN2/c11-5-1-2-8-3-4-10(13)9(6-8)7-12/h3-4,6H,5,13H2. The topological polar surface area (TPSA) is 49.8 Å². The van der Waals surface area contributed by atoms with Crippen molar-refractivity contribution in [1.82, 2.24) is 0 Å². The van der Waals surface area contributed by atoms with E-state index in [1.807, 2.05) is 6.07 Å². The summed E-state index contributed by atoms with van der Waals surface area (Å²) < 4.78 is 0. The minimum Gasteiger partial charge on any atom is -0.398 e. The van der Waals surface area contributed by atoms with Crippen molar-refractivity contribution in [3.8, 4) is 17.9 Å². The Labute approximate surface area is 85.5 Å². The number of anilines is 1. The molecule has 64 valence electrons. The van der Waals surface area contributed by atoms with Gasteiger partial charge in [0.05, 0.1) is 10.9 Å². The lowest BCUT2D eigenvalue weighted by Gasteiger charge is -1.96.